The largest absolute Gasteiger partial charge is 0.400 e. The minimum absolute atomic E-state index is 0.121. The van der Waals surface area contributed by atoms with E-state index < -0.39 is 9.28 Å². The van der Waals surface area contributed by atoms with Crippen LogP contribution in [0.2, 0.25) is 6.04 Å². The number of rotatable bonds is 6. The van der Waals surface area contributed by atoms with Crippen molar-refractivity contribution in [3.05, 3.63) is 0 Å². The molecule has 0 aromatic rings. The molecule has 0 fully saturated rings. The summed E-state index contributed by atoms with van der Waals surface area (Å²) in [6, 6.07) is 1.01. The second-order valence-electron chi connectivity index (χ2n) is 2.99. The predicted octanol–water partition coefficient (Wildman–Crippen LogP) is -0.578. The summed E-state index contributed by atoms with van der Waals surface area (Å²) in [5, 5.41) is 0. The van der Waals surface area contributed by atoms with E-state index in [9.17, 15) is 0 Å². The molecule has 2 unspecified atom stereocenters. The van der Waals surface area contributed by atoms with Crippen molar-refractivity contribution in [2.24, 2.45) is 17.4 Å². The van der Waals surface area contributed by atoms with Crippen LogP contribution in [0.4, 0.5) is 0 Å². The number of hydrogen-bond acceptors (Lipinski definition) is 4. The molecule has 0 aliphatic rings. The van der Waals surface area contributed by atoms with Gasteiger partial charge < -0.3 is 20.3 Å². The fourth-order valence-corrected chi connectivity index (χ4v) is 2.75. The number of nitrogens with two attached hydrogens (primary N) is 2. The minimum Gasteiger partial charge on any atom is -0.400 e. The van der Waals surface area contributed by atoms with E-state index in [0.29, 0.717) is 12.5 Å². The second-order valence-corrected chi connectivity index (χ2v) is 5.26. The monoisotopic (exact) mass is 192 g/mol. The highest BCUT2D eigenvalue weighted by Gasteiger charge is 2.19. The van der Waals surface area contributed by atoms with Crippen molar-refractivity contribution in [1.29, 1.82) is 0 Å². The van der Waals surface area contributed by atoms with Crippen LogP contribution >= 0.6 is 0 Å². The molecule has 12 heavy (non-hydrogen) atoms. The third-order valence-electron chi connectivity index (χ3n) is 2.07. The molecule has 2 atom stereocenters. The van der Waals surface area contributed by atoms with Gasteiger partial charge in [0.05, 0.1) is 0 Å². The van der Waals surface area contributed by atoms with Crippen molar-refractivity contribution >= 4 is 9.28 Å². The Bertz CT molecular complexity index is 110. The first-order chi connectivity index (χ1) is 5.65. The summed E-state index contributed by atoms with van der Waals surface area (Å²) in [5.41, 5.74) is 11.3. The highest BCUT2D eigenvalue weighted by atomic mass is 28.3. The Morgan fingerprint density at radius 1 is 1.33 bits per heavy atom. The van der Waals surface area contributed by atoms with Gasteiger partial charge in [0.15, 0.2) is 0 Å². The zero-order chi connectivity index (χ0) is 9.56. The summed E-state index contributed by atoms with van der Waals surface area (Å²) < 4.78 is 10.4. The Morgan fingerprint density at radius 2 is 1.83 bits per heavy atom. The van der Waals surface area contributed by atoms with Crippen LogP contribution in [0.25, 0.3) is 0 Å². The van der Waals surface area contributed by atoms with Crippen LogP contribution in [0.1, 0.15) is 6.92 Å². The van der Waals surface area contributed by atoms with Gasteiger partial charge >= 0.3 is 9.28 Å². The Labute approximate surface area is 76.1 Å². The smallest absolute Gasteiger partial charge is 0.321 e. The molecule has 0 spiro atoms. The molecule has 0 aliphatic carbocycles. The van der Waals surface area contributed by atoms with Crippen molar-refractivity contribution in [2.45, 2.75) is 19.0 Å². The van der Waals surface area contributed by atoms with Gasteiger partial charge in [-0.1, -0.05) is 0 Å². The van der Waals surface area contributed by atoms with Crippen molar-refractivity contribution in [1.82, 2.24) is 0 Å². The highest BCUT2D eigenvalue weighted by molar-refractivity contribution is 6.44. The SMILES string of the molecule is CO[SiH](CC(CN)C(C)N)OC. The summed E-state index contributed by atoms with van der Waals surface area (Å²) in [7, 11) is 1.87. The molecule has 0 aromatic heterocycles. The summed E-state index contributed by atoms with van der Waals surface area (Å²) >= 11 is 0. The summed E-state index contributed by atoms with van der Waals surface area (Å²) in [4.78, 5) is 0. The minimum atomic E-state index is -1.48. The zero-order valence-corrected chi connectivity index (χ0v) is 9.27. The van der Waals surface area contributed by atoms with Crippen molar-refractivity contribution in [3.63, 3.8) is 0 Å². The maximum absolute atomic E-state index is 5.74. The molecule has 4 N–H and O–H groups in total. The molecule has 0 saturated carbocycles. The van der Waals surface area contributed by atoms with Gasteiger partial charge in [-0.15, -0.1) is 0 Å². The van der Waals surface area contributed by atoms with Gasteiger partial charge in [-0.25, -0.2) is 0 Å². The van der Waals surface area contributed by atoms with Gasteiger partial charge in [0, 0.05) is 20.3 Å². The Balaban J connectivity index is 3.82. The number of hydrogen-bond donors (Lipinski definition) is 2. The van der Waals surface area contributed by atoms with Crippen LogP contribution in [0, 0.1) is 5.92 Å². The van der Waals surface area contributed by atoms with E-state index in [1.54, 1.807) is 14.2 Å². The van der Waals surface area contributed by atoms with Crippen LogP contribution in [-0.2, 0) is 8.85 Å². The van der Waals surface area contributed by atoms with Crippen LogP contribution in [0.5, 0.6) is 0 Å². The van der Waals surface area contributed by atoms with Crippen LogP contribution in [0.3, 0.4) is 0 Å². The van der Waals surface area contributed by atoms with Crippen LogP contribution < -0.4 is 11.5 Å². The Hall–Kier alpha value is 0.0569. The molecule has 0 radical (unpaired) electrons. The summed E-state index contributed by atoms with van der Waals surface area (Å²) in [6.45, 7) is 2.57. The molecular weight excluding hydrogens is 172 g/mol. The van der Waals surface area contributed by atoms with Crippen molar-refractivity contribution < 1.29 is 8.85 Å². The van der Waals surface area contributed by atoms with Crippen molar-refractivity contribution in [3.8, 4) is 0 Å². The first-order valence-corrected chi connectivity index (χ1v) is 5.92. The summed E-state index contributed by atoms with van der Waals surface area (Å²) in [6.07, 6.45) is 0. The third-order valence-corrected chi connectivity index (χ3v) is 4.11. The van der Waals surface area contributed by atoms with Gasteiger partial charge in [0.2, 0.25) is 0 Å². The van der Waals surface area contributed by atoms with Gasteiger partial charge in [-0.05, 0) is 25.4 Å². The van der Waals surface area contributed by atoms with E-state index in [4.69, 9.17) is 20.3 Å². The van der Waals surface area contributed by atoms with Crippen LogP contribution in [-0.4, -0.2) is 36.1 Å². The molecular formula is C7H20N2O2Si. The normalized spacial score (nSPS) is 16.5. The lowest BCUT2D eigenvalue weighted by Crippen LogP contribution is -2.37. The van der Waals surface area contributed by atoms with Gasteiger partial charge in [0.25, 0.3) is 0 Å². The quantitative estimate of drug-likeness (QED) is 0.553. The van der Waals surface area contributed by atoms with E-state index in [1.165, 1.54) is 0 Å². The molecule has 0 bridgehead atoms. The maximum Gasteiger partial charge on any atom is 0.321 e. The van der Waals surface area contributed by atoms with E-state index in [2.05, 4.69) is 0 Å². The zero-order valence-electron chi connectivity index (χ0n) is 8.12. The fraction of sp³-hybridized carbons (Fsp3) is 1.00. The average molecular weight is 192 g/mol. The topological polar surface area (TPSA) is 70.5 Å². The lowest BCUT2D eigenvalue weighted by atomic mass is 10.1. The van der Waals surface area contributed by atoms with Crippen LogP contribution in [0.15, 0.2) is 0 Å². The first kappa shape index (κ1) is 12.1. The molecule has 0 aromatic carbocycles. The molecule has 5 heteroatoms. The fourth-order valence-electron chi connectivity index (χ4n) is 1.06. The van der Waals surface area contributed by atoms with E-state index in [0.717, 1.165) is 6.04 Å². The third kappa shape index (κ3) is 4.17. The first-order valence-electron chi connectivity index (χ1n) is 4.16. The Kier molecular flexibility index (Phi) is 6.59. The van der Waals surface area contributed by atoms with E-state index in [1.807, 2.05) is 6.92 Å². The Morgan fingerprint density at radius 3 is 2.08 bits per heavy atom. The van der Waals surface area contributed by atoms with Gasteiger partial charge in [0.1, 0.15) is 0 Å². The molecule has 4 nitrogen and oxygen atoms in total. The van der Waals surface area contributed by atoms with Crippen molar-refractivity contribution in [2.75, 3.05) is 20.8 Å². The molecule has 0 saturated heterocycles. The molecule has 0 aliphatic heterocycles. The van der Waals surface area contributed by atoms with Gasteiger partial charge in [-0.2, -0.15) is 0 Å². The molecule has 0 heterocycles. The lowest BCUT2D eigenvalue weighted by molar-refractivity contribution is 0.266. The maximum atomic E-state index is 5.74. The summed E-state index contributed by atoms with van der Waals surface area (Å²) in [5.74, 6) is 0.321. The predicted molar refractivity (Wildman–Crippen MR) is 52.2 cm³/mol. The average Bonchev–Trinajstić information content (AvgIpc) is 2.06. The second kappa shape index (κ2) is 6.56. The lowest BCUT2D eigenvalue weighted by Gasteiger charge is -2.21. The van der Waals surface area contributed by atoms with E-state index >= 15 is 0 Å². The highest BCUT2D eigenvalue weighted by Crippen LogP contribution is 2.10. The molecule has 0 rings (SSSR count). The molecule has 0 amide bonds. The standard InChI is InChI=1S/C7H20N2O2Si/c1-6(9)7(4-8)5-12(10-2)11-3/h6-7,12H,4-5,8-9H2,1-3H3. The van der Waals surface area contributed by atoms with E-state index in [-0.39, 0.29) is 6.04 Å². The molecule has 74 valence electrons. The van der Waals surface area contributed by atoms with Gasteiger partial charge in [-0.3, -0.25) is 0 Å².